The number of amides is 1. The van der Waals surface area contributed by atoms with Crippen molar-refractivity contribution in [2.24, 2.45) is 0 Å². The fraction of sp³-hybridized carbons (Fsp3) is 0. The number of nitrogens with one attached hydrogen (secondary N) is 2. The van der Waals surface area contributed by atoms with Crippen molar-refractivity contribution in [3.8, 4) is 0 Å². The fourth-order valence-electron chi connectivity index (χ4n) is 1.69. The lowest BCUT2D eigenvalue weighted by Crippen LogP contribution is -2.34. The van der Waals surface area contributed by atoms with Gasteiger partial charge in [-0.15, -0.1) is 0 Å². The summed E-state index contributed by atoms with van der Waals surface area (Å²) in [6.07, 6.45) is 0. The average Bonchev–Trinajstić information content (AvgIpc) is 2.49. The highest BCUT2D eigenvalue weighted by Crippen LogP contribution is 2.26. The minimum absolute atomic E-state index is 0.0467. The van der Waals surface area contributed by atoms with Gasteiger partial charge in [0.25, 0.3) is 11.6 Å². The van der Waals surface area contributed by atoms with E-state index in [0.717, 1.165) is 3.57 Å². The summed E-state index contributed by atoms with van der Waals surface area (Å²) >= 11 is 13.1. The highest BCUT2D eigenvalue weighted by atomic mass is 127. The number of thiocarbonyl (C=S) groups is 1. The van der Waals surface area contributed by atoms with Crippen LogP contribution < -0.4 is 10.6 Å². The van der Waals surface area contributed by atoms with Crippen molar-refractivity contribution in [2.75, 3.05) is 5.32 Å². The van der Waals surface area contributed by atoms with Crippen molar-refractivity contribution in [3.05, 3.63) is 66.7 Å². The zero-order valence-corrected chi connectivity index (χ0v) is 15.1. The Morgan fingerprint density at radius 3 is 2.57 bits per heavy atom. The summed E-state index contributed by atoms with van der Waals surface area (Å²) < 4.78 is 0.791. The Morgan fingerprint density at radius 2 is 1.96 bits per heavy atom. The third kappa shape index (κ3) is 4.60. The average molecular weight is 462 g/mol. The van der Waals surface area contributed by atoms with E-state index in [0.29, 0.717) is 11.3 Å². The highest BCUT2D eigenvalue weighted by molar-refractivity contribution is 14.1. The quantitative estimate of drug-likeness (QED) is 0.313. The Morgan fingerprint density at radius 1 is 1.26 bits per heavy atom. The van der Waals surface area contributed by atoms with Crippen LogP contribution >= 0.6 is 46.4 Å². The van der Waals surface area contributed by atoms with E-state index in [2.05, 4.69) is 33.2 Å². The topological polar surface area (TPSA) is 84.3 Å². The second-order valence-corrected chi connectivity index (χ2v) is 6.29. The van der Waals surface area contributed by atoms with Crippen LogP contribution in [0.4, 0.5) is 11.4 Å². The van der Waals surface area contributed by atoms with Gasteiger partial charge >= 0.3 is 0 Å². The van der Waals surface area contributed by atoms with Crippen LogP contribution in [-0.4, -0.2) is 15.9 Å². The molecule has 2 aromatic carbocycles. The molecule has 0 atom stereocenters. The number of halogens is 2. The van der Waals surface area contributed by atoms with E-state index in [4.69, 9.17) is 23.8 Å². The Balaban J connectivity index is 2.07. The van der Waals surface area contributed by atoms with Gasteiger partial charge in [-0.2, -0.15) is 0 Å². The first-order valence-electron chi connectivity index (χ1n) is 6.19. The first kappa shape index (κ1) is 17.6. The van der Waals surface area contributed by atoms with E-state index in [9.17, 15) is 14.9 Å². The second-order valence-electron chi connectivity index (χ2n) is 4.31. The molecule has 0 aliphatic rings. The summed E-state index contributed by atoms with van der Waals surface area (Å²) in [6, 6.07) is 11.0. The van der Waals surface area contributed by atoms with Crippen LogP contribution in [0.1, 0.15) is 10.4 Å². The third-order valence-electron chi connectivity index (χ3n) is 2.76. The maximum Gasteiger partial charge on any atom is 0.271 e. The summed E-state index contributed by atoms with van der Waals surface area (Å²) in [4.78, 5) is 22.2. The van der Waals surface area contributed by atoms with Crippen LogP contribution in [0.25, 0.3) is 0 Å². The smallest absolute Gasteiger partial charge is 0.271 e. The SMILES string of the molecule is O=C(NC(=S)Nc1ccc([N+](=O)[O-])cc1Cl)c1ccccc1I. The maximum atomic E-state index is 12.1. The van der Waals surface area contributed by atoms with Crippen molar-refractivity contribution < 1.29 is 9.72 Å². The normalized spacial score (nSPS) is 10.0. The van der Waals surface area contributed by atoms with Gasteiger partial charge in [-0.05, 0) is 53.0 Å². The monoisotopic (exact) mass is 461 g/mol. The van der Waals surface area contributed by atoms with E-state index >= 15 is 0 Å². The van der Waals surface area contributed by atoms with Crippen LogP contribution in [0.5, 0.6) is 0 Å². The van der Waals surface area contributed by atoms with Gasteiger partial charge in [0.05, 0.1) is 21.2 Å². The Hall–Kier alpha value is -1.78. The molecule has 0 bridgehead atoms. The summed E-state index contributed by atoms with van der Waals surface area (Å²) in [7, 11) is 0. The zero-order valence-electron chi connectivity index (χ0n) is 11.4. The Kier molecular flexibility index (Phi) is 5.85. The van der Waals surface area contributed by atoms with Crippen molar-refractivity contribution >= 4 is 68.8 Å². The number of benzene rings is 2. The molecule has 0 aliphatic carbocycles. The molecule has 0 spiro atoms. The minimum atomic E-state index is -0.549. The standard InChI is InChI=1S/C14H9ClIN3O3S/c15-10-7-8(19(21)22)5-6-12(10)17-14(23)18-13(20)9-3-1-2-4-11(9)16/h1-7H,(H2,17,18,20,23). The molecule has 0 saturated heterocycles. The number of anilines is 1. The number of carbonyl (C=O) groups excluding carboxylic acids is 1. The molecule has 0 radical (unpaired) electrons. The number of nitro benzene ring substituents is 1. The third-order valence-corrected chi connectivity index (χ3v) is 4.21. The largest absolute Gasteiger partial charge is 0.331 e. The van der Waals surface area contributed by atoms with E-state index in [1.54, 1.807) is 18.2 Å². The predicted molar refractivity (Wildman–Crippen MR) is 101 cm³/mol. The van der Waals surface area contributed by atoms with Gasteiger partial charge < -0.3 is 5.32 Å². The molecule has 6 nitrogen and oxygen atoms in total. The molecule has 118 valence electrons. The van der Waals surface area contributed by atoms with E-state index in [1.807, 2.05) is 6.07 Å². The Bertz CT molecular complexity index is 801. The molecule has 0 unspecified atom stereocenters. The predicted octanol–water partition coefficient (Wildman–Crippen LogP) is 3.98. The van der Waals surface area contributed by atoms with E-state index < -0.39 is 4.92 Å². The molecular formula is C14H9ClIN3O3S. The van der Waals surface area contributed by atoms with Gasteiger partial charge in [-0.1, -0.05) is 23.7 Å². The van der Waals surface area contributed by atoms with E-state index in [-0.39, 0.29) is 21.7 Å². The number of rotatable bonds is 3. The van der Waals surface area contributed by atoms with Crippen LogP contribution in [0.2, 0.25) is 5.02 Å². The molecule has 23 heavy (non-hydrogen) atoms. The van der Waals surface area contributed by atoms with Crippen molar-refractivity contribution in [1.29, 1.82) is 0 Å². The number of nitro groups is 1. The van der Waals surface area contributed by atoms with Gasteiger partial charge in [0.2, 0.25) is 0 Å². The van der Waals surface area contributed by atoms with E-state index in [1.165, 1.54) is 18.2 Å². The van der Waals surface area contributed by atoms with Crippen LogP contribution in [-0.2, 0) is 0 Å². The first-order valence-corrected chi connectivity index (χ1v) is 8.06. The van der Waals surface area contributed by atoms with Crippen LogP contribution in [0, 0.1) is 13.7 Å². The second kappa shape index (κ2) is 7.66. The summed E-state index contributed by atoms with van der Waals surface area (Å²) in [5.74, 6) is -0.356. The fourth-order valence-corrected chi connectivity index (χ4v) is 2.75. The summed E-state index contributed by atoms with van der Waals surface area (Å²) in [6.45, 7) is 0. The summed E-state index contributed by atoms with van der Waals surface area (Å²) in [5, 5.41) is 16.1. The van der Waals surface area contributed by atoms with Crippen molar-refractivity contribution in [2.45, 2.75) is 0 Å². The molecule has 0 saturated carbocycles. The number of hydrogen-bond acceptors (Lipinski definition) is 4. The van der Waals surface area contributed by atoms with Crippen molar-refractivity contribution in [1.82, 2.24) is 5.32 Å². The number of nitrogens with zero attached hydrogens (tertiary/aromatic N) is 1. The number of carbonyl (C=O) groups is 1. The van der Waals surface area contributed by atoms with Gasteiger partial charge in [-0.3, -0.25) is 20.2 Å². The molecule has 0 aliphatic heterocycles. The van der Waals surface area contributed by atoms with Gasteiger partial charge in [0, 0.05) is 15.7 Å². The lowest BCUT2D eigenvalue weighted by Gasteiger charge is -2.11. The van der Waals surface area contributed by atoms with Gasteiger partial charge in [0.15, 0.2) is 5.11 Å². The molecule has 0 aromatic heterocycles. The number of non-ortho nitro benzene ring substituents is 1. The molecule has 0 fully saturated rings. The van der Waals surface area contributed by atoms with Crippen LogP contribution in [0.15, 0.2) is 42.5 Å². The molecular weight excluding hydrogens is 453 g/mol. The minimum Gasteiger partial charge on any atom is -0.331 e. The molecule has 2 aromatic rings. The molecule has 9 heteroatoms. The van der Waals surface area contributed by atoms with Gasteiger partial charge in [-0.25, -0.2) is 0 Å². The lowest BCUT2D eigenvalue weighted by molar-refractivity contribution is -0.384. The number of hydrogen-bond donors (Lipinski definition) is 2. The van der Waals surface area contributed by atoms with Crippen molar-refractivity contribution in [3.63, 3.8) is 0 Å². The lowest BCUT2D eigenvalue weighted by atomic mass is 10.2. The Labute approximate surface area is 155 Å². The molecule has 2 N–H and O–H groups in total. The zero-order chi connectivity index (χ0) is 17.0. The maximum absolute atomic E-state index is 12.1. The van der Waals surface area contributed by atoms with Gasteiger partial charge in [0.1, 0.15) is 0 Å². The summed E-state index contributed by atoms with van der Waals surface area (Å²) in [5.41, 5.74) is 0.728. The molecule has 2 rings (SSSR count). The van der Waals surface area contributed by atoms with Crippen LogP contribution in [0.3, 0.4) is 0 Å². The first-order chi connectivity index (χ1) is 10.9. The molecule has 1 amide bonds. The highest BCUT2D eigenvalue weighted by Gasteiger charge is 2.13. The molecule has 0 heterocycles.